The second-order valence-electron chi connectivity index (χ2n) is 6.78. The van der Waals surface area contributed by atoms with Gasteiger partial charge in [-0.3, -0.25) is 4.90 Å². The average Bonchev–Trinajstić information content (AvgIpc) is 3.29. The lowest BCUT2D eigenvalue weighted by Gasteiger charge is -2.36. The third-order valence-corrected chi connectivity index (χ3v) is 5.81. The topological polar surface area (TPSA) is 57.4 Å². The summed E-state index contributed by atoms with van der Waals surface area (Å²) < 4.78 is 5.42. The molecule has 4 heterocycles. The second kappa shape index (κ2) is 9.09. The van der Waals surface area contributed by atoms with Crippen molar-refractivity contribution in [1.29, 1.82) is 0 Å². The van der Waals surface area contributed by atoms with E-state index in [0.29, 0.717) is 5.82 Å². The predicted octanol–water partition coefficient (Wildman–Crippen LogP) is 2.34. The van der Waals surface area contributed by atoms with Gasteiger partial charge in [0.05, 0.1) is 11.4 Å². The van der Waals surface area contributed by atoms with Crippen LogP contribution in [0.15, 0.2) is 22.0 Å². The van der Waals surface area contributed by atoms with E-state index in [1.807, 2.05) is 17.5 Å². The fraction of sp³-hybridized carbons (Fsp3) is 0.647. The van der Waals surface area contributed by atoms with E-state index in [4.69, 9.17) is 4.52 Å². The van der Waals surface area contributed by atoms with Gasteiger partial charge in [0.15, 0.2) is 0 Å². The molecule has 2 fully saturated rings. The van der Waals surface area contributed by atoms with Gasteiger partial charge in [0, 0.05) is 32.7 Å². The Morgan fingerprint density at radius 2 is 2.08 bits per heavy atom. The monoisotopic (exact) mass is 383 g/mol. The highest BCUT2D eigenvalue weighted by Gasteiger charge is 2.22. The number of piperidine rings is 1. The number of rotatable bonds is 5. The summed E-state index contributed by atoms with van der Waals surface area (Å²) in [7, 11) is 0. The van der Waals surface area contributed by atoms with Crippen molar-refractivity contribution >= 4 is 23.7 Å². The van der Waals surface area contributed by atoms with Crippen LogP contribution in [0.3, 0.4) is 0 Å². The van der Waals surface area contributed by atoms with E-state index in [2.05, 4.69) is 25.3 Å². The van der Waals surface area contributed by atoms with Crippen LogP contribution >= 0.6 is 23.7 Å². The maximum atomic E-state index is 5.42. The van der Waals surface area contributed by atoms with E-state index in [1.165, 1.54) is 32.5 Å². The molecule has 8 heteroatoms. The van der Waals surface area contributed by atoms with Gasteiger partial charge >= 0.3 is 0 Å². The summed E-state index contributed by atoms with van der Waals surface area (Å²) in [5.41, 5.74) is 0. The third-order valence-electron chi connectivity index (χ3n) is 4.95. The van der Waals surface area contributed by atoms with Crippen molar-refractivity contribution in [3.05, 3.63) is 23.4 Å². The van der Waals surface area contributed by atoms with Gasteiger partial charge in [0.2, 0.25) is 11.7 Å². The molecule has 1 atom stereocenters. The quantitative estimate of drug-likeness (QED) is 0.855. The Balaban J connectivity index is 0.00000182. The first kappa shape index (κ1) is 18.8. The summed E-state index contributed by atoms with van der Waals surface area (Å²) >= 11 is 1.64. The van der Waals surface area contributed by atoms with Crippen molar-refractivity contribution in [2.45, 2.75) is 19.4 Å². The van der Waals surface area contributed by atoms with E-state index in [1.54, 1.807) is 11.3 Å². The molecule has 1 unspecified atom stereocenters. The molecule has 2 saturated heterocycles. The number of thiophene rings is 1. The van der Waals surface area contributed by atoms with Crippen molar-refractivity contribution in [2.24, 2.45) is 5.92 Å². The first-order valence-corrected chi connectivity index (χ1v) is 9.77. The highest BCUT2D eigenvalue weighted by molar-refractivity contribution is 7.13. The SMILES string of the molecule is Cl.c1csc(-c2noc(CN3CCN(CC4CCCNC4)CC3)n2)c1. The van der Waals surface area contributed by atoms with Gasteiger partial charge in [-0.05, 0) is 43.3 Å². The molecule has 1 N–H and O–H groups in total. The minimum atomic E-state index is 0. The van der Waals surface area contributed by atoms with Crippen LogP contribution in [-0.2, 0) is 6.54 Å². The van der Waals surface area contributed by atoms with Crippen LogP contribution in [0.5, 0.6) is 0 Å². The molecule has 0 radical (unpaired) electrons. The Morgan fingerprint density at radius 1 is 1.24 bits per heavy atom. The molecule has 25 heavy (non-hydrogen) atoms. The molecule has 2 aliphatic heterocycles. The average molecular weight is 384 g/mol. The largest absolute Gasteiger partial charge is 0.338 e. The Labute approximate surface area is 159 Å². The van der Waals surface area contributed by atoms with Gasteiger partial charge in [-0.2, -0.15) is 4.98 Å². The predicted molar refractivity (Wildman–Crippen MR) is 102 cm³/mol. The van der Waals surface area contributed by atoms with Crippen LogP contribution in [0.4, 0.5) is 0 Å². The first-order valence-electron chi connectivity index (χ1n) is 8.89. The van der Waals surface area contributed by atoms with E-state index in [-0.39, 0.29) is 12.4 Å². The van der Waals surface area contributed by atoms with Gasteiger partial charge in [0.25, 0.3) is 0 Å². The normalized spacial score (nSPS) is 22.6. The number of halogens is 1. The highest BCUT2D eigenvalue weighted by Crippen LogP contribution is 2.22. The number of hydrogen-bond donors (Lipinski definition) is 1. The molecule has 0 spiro atoms. The minimum Gasteiger partial charge on any atom is -0.338 e. The zero-order chi connectivity index (χ0) is 16.2. The zero-order valence-corrected chi connectivity index (χ0v) is 16.0. The summed E-state index contributed by atoms with van der Waals surface area (Å²) in [6.45, 7) is 8.83. The lowest BCUT2D eigenvalue weighted by atomic mass is 9.99. The Hall–Kier alpha value is -0.990. The van der Waals surface area contributed by atoms with Crippen molar-refractivity contribution in [3.8, 4) is 10.7 Å². The molecule has 0 aromatic carbocycles. The molecule has 0 saturated carbocycles. The molecular weight excluding hydrogens is 358 g/mol. The molecule has 138 valence electrons. The summed E-state index contributed by atoms with van der Waals surface area (Å²) in [6.07, 6.45) is 2.70. The number of aromatic nitrogens is 2. The van der Waals surface area contributed by atoms with Gasteiger partial charge in [0.1, 0.15) is 0 Å². The Kier molecular flexibility index (Phi) is 6.84. The van der Waals surface area contributed by atoms with Gasteiger partial charge in [-0.15, -0.1) is 23.7 Å². The van der Waals surface area contributed by atoms with Gasteiger partial charge < -0.3 is 14.7 Å². The lowest BCUT2D eigenvalue weighted by Crippen LogP contribution is -2.48. The zero-order valence-electron chi connectivity index (χ0n) is 14.4. The number of nitrogens with one attached hydrogen (secondary N) is 1. The molecule has 0 aliphatic carbocycles. The Bertz CT molecular complexity index is 621. The van der Waals surface area contributed by atoms with Crippen molar-refractivity contribution in [1.82, 2.24) is 25.3 Å². The summed E-state index contributed by atoms with van der Waals surface area (Å²) in [5, 5.41) is 9.65. The van der Waals surface area contributed by atoms with E-state index in [9.17, 15) is 0 Å². The maximum Gasteiger partial charge on any atom is 0.241 e. The summed E-state index contributed by atoms with van der Waals surface area (Å²) in [4.78, 5) is 10.6. The third kappa shape index (κ3) is 5.01. The Morgan fingerprint density at radius 3 is 2.80 bits per heavy atom. The van der Waals surface area contributed by atoms with Crippen molar-refractivity contribution in [3.63, 3.8) is 0 Å². The highest BCUT2D eigenvalue weighted by atomic mass is 35.5. The van der Waals surface area contributed by atoms with Crippen LogP contribution in [0.25, 0.3) is 10.7 Å². The molecule has 0 amide bonds. The van der Waals surface area contributed by atoms with Crippen molar-refractivity contribution in [2.75, 3.05) is 45.8 Å². The van der Waals surface area contributed by atoms with Gasteiger partial charge in [-0.25, -0.2) is 0 Å². The van der Waals surface area contributed by atoms with Crippen LogP contribution in [-0.4, -0.2) is 65.8 Å². The summed E-state index contributed by atoms with van der Waals surface area (Å²) in [5.74, 6) is 2.27. The number of nitrogens with zero attached hydrogens (tertiary/aromatic N) is 4. The lowest BCUT2D eigenvalue weighted by molar-refractivity contribution is 0.0999. The number of piperazine rings is 1. The van der Waals surface area contributed by atoms with E-state index >= 15 is 0 Å². The second-order valence-corrected chi connectivity index (χ2v) is 7.73. The molecule has 0 bridgehead atoms. The molecule has 2 aromatic rings. The van der Waals surface area contributed by atoms with Crippen molar-refractivity contribution < 1.29 is 4.52 Å². The number of hydrogen-bond acceptors (Lipinski definition) is 7. The molecule has 2 aliphatic rings. The molecular formula is C17H26ClN5OS. The smallest absolute Gasteiger partial charge is 0.241 e. The fourth-order valence-electron chi connectivity index (χ4n) is 3.59. The van der Waals surface area contributed by atoms with E-state index < -0.39 is 0 Å². The van der Waals surface area contributed by atoms with Crippen LogP contribution in [0, 0.1) is 5.92 Å². The first-order chi connectivity index (χ1) is 11.9. The van der Waals surface area contributed by atoms with Crippen LogP contribution in [0.1, 0.15) is 18.7 Å². The fourth-order valence-corrected chi connectivity index (χ4v) is 4.24. The standard InChI is InChI=1S/C17H25N5OS.ClH/c1-3-14(11-18-5-1)12-21-6-8-22(9-7-21)13-16-19-17(20-23-16)15-4-2-10-24-15;/h2,4,10,14,18H,1,3,5-9,11-13H2;1H. The van der Waals surface area contributed by atoms with Gasteiger partial charge in [-0.1, -0.05) is 11.2 Å². The molecule has 6 nitrogen and oxygen atoms in total. The molecule has 2 aromatic heterocycles. The van der Waals surface area contributed by atoms with E-state index in [0.717, 1.165) is 49.4 Å². The maximum absolute atomic E-state index is 5.42. The molecule has 4 rings (SSSR count). The minimum absolute atomic E-state index is 0. The van der Waals surface area contributed by atoms with Crippen LogP contribution in [0.2, 0.25) is 0 Å². The van der Waals surface area contributed by atoms with Crippen LogP contribution < -0.4 is 5.32 Å². The summed E-state index contributed by atoms with van der Waals surface area (Å²) in [6, 6.07) is 4.04.